The lowest BCUT2D eigenvalue weighted by atomic mass is 9.93. The smallest absolute Gasteiger partial charge is 0.276 e. The highest BCUT2D eigenvalue weighted by Crippen LogP contribution is 2.39. The second-order valence-corrected chi connectivity index (χ2v) is 10.3. The highest BCUT2D eigenvalue weighted by atomic mass is 19.1. The maximum Gasteiger partial charge on any atom is 0.276 e. The van der Waals surface area contributed by atoms with E-state index in [9.17, 15) is 18.8 Å². The molecule has 1 aliphatic heterocycles. The number of halogens is 1. The van der Waals surface area contributed by atoms with Crippen LogP contribution in [0.1, 0.15) is 63.0 Å². The number of carbonyl (C=O) groups is 3. The number of hydrogen-bond acceptors (Lipinski definition) is 4. The Morgan fingerprint density at radius 1 is 1.11 bits per heavy atom. The van der Waals surface area contributed by atoms with Gasteiger partial charge in [0, 0.05) is 18.3 Å². The van der Waals surface area contributed by atoms with Gasteiger partial charge in [-0.05, 0) is 69.4 Å². The molecule has 1 aromatic heterocycles. The van der Waals surface area contributed by atoms with Crippen LogP contribution < -0.4 is 10.6 Å². The van der Waals surface area contributed by atoms with Crippen molar-refractivity contribution < 1.29 is 18.8 Å². The average Bonchev–Trinajstić information content (AvgIpc) is 3.58. The Balaban J connectivity index is 1.41. The van der Waals surface area contributed by atoms with E-state index in [0.717, 1.165) is 35.1 Å². The van der Waals surface area contributed by atoms with Crippen molar-refractivity contribution in [1.82, 2.24) is 19.8 Å². The molecule has 2 heterocycles. The van der Waals surface area contributed by atoms with E-state index in [0.29, 0.717) is 5.69 Å². The van der Waals surface area contributed by atoms with E-state index in [1.165, 1.54) is 18.5 Å². The standard InChI is InChI=1S/C28H30FN5O3/c1-16-11-17(2)22(18(3)12-16)32-25(35)23-24-26(36)34(21-9-10-21)28(4,14-33(24)15-31-23)27(37)30-13-19-5-7-20(29)8-6-19/h5-8,11-12,15,21H,9-10,13-14H2,1-4H3,(H,30,37)(H,32,35)/t28-/m1/s1. The van der Waals surface area contributed by atoms with Crippen molar-refractivity contribution in [1.29, 1.82) is 0 Å². The molecule has 1 fully saturated rings. The predicted octanol–water partition coefficient (Wildman–Crippen LogP) is 3.89. The number of fused-ring (bicyclic) bond motifs is 1. The molecule has 3 aromatic rings. The molecule has 0 unspecified atom stereocenters. The van der Waals surface area contributed by atoms with Crippen LogP contribution in [0.5, 0.6) is 0 Å². The van der Waals surface area contributed by atoms with Gasteiger partial charge in [-0.2, -0.15) is 0 Å². The molecule has 0 spiro atoms. The first kappa shape index (κ1) is 24.7. The van der Waals surface area contributed by atoms with Crippen LogP contribution in [0.4, 0.5) is 10.1 Å². The molecular weight excluding hydrogens is 473 g/mol. The fourth-order valence-electron chi connectivity index (χ4n) is 5.25. The molecule has 2 aliphatic rings. The number of nitrogens with one attached hydrogen (secondary N) is 2. The normalized spacial score (nSPS) is 18.9. The van der Waals surface area contributed by atoms with Crippen molar-refractivity contribution in [3.05, 3.63) is 82.2 Å². The Hall–Kier alpha value is -4.01. The summed E-state index contributed by atoms with van der Waals surface area (Å²) in [5, 5.41) is 5.84. The summed E-state index contributed by atoms with van der Waals surface area (Å²) in [5.41, 5.74) is 3.47. The van der Waals surface area contributed by atoms with Crippen LogP contribution in [0.2, 0.25) is 0 Å². The largest absolute Gasteiger partial charge is 0.350 e. The molecule has 3 amide bonds. The molecule has 0 bridgehead atoms. The lowest BCUT2D eigenvalue weighted by Crippen LogP contribution is -2.64. The Kier molecular flexibility index (Phi) is 6.09. The number of aromatic nitrogens is 2. The number of benzene rings is 2. The number of rotatable bonds is 6. The molecule has 192 valence electrons. The molecule has 1 atom stereocenters. The molecule has 37 heavy (non-hydrogen) atoms. The zero-order chi connectivity index (χ0) is 26.5. The number of anilines is 1. The second-order valence-electron chi connectivity index (χ2n) is 10.3. The maximum atomic E-state index is 13.8. The third-order valence-electron chi connectivity index (χ3n) is 7.17. The number of aryl methyl sites for hydroxylation is 3. The number of amides is 3. The number of carbonyl (C=O) groups excluding carboxylic acids is 3. The first-order chi connectivity index (χ1) is 17.6. The number of nitrogens with zero attached hydrogens (tertiary/aromatic N) is 3. The SMILES string of the molecule is Cc1cc(C)c(NC(=O)c2ncn3c2C(=O)N(C2CC2)[C@@](C)(C(=O)NCc2ccc(F)cc2)C3)c(C)c1. The summed E-state index contributed by atoms with van der Waals surface area (Å²) in [6.07, 6.45) is 3.04. The molecule has 1 saturated carbocycles. The first-order valence-electron chi connectivity index (χ1n) is 12.4. The fourth-order valence-corrected chi connectivity index (χ4v) is 5.25. The lowest BCUT2D eigenvalue weighted by Gasteiger charge is -2.44. The van der Waals surface area contributed by atoms with E-state index < -0.39 is 11.4 Å². The average molecular weight is 504 g/mol. The van der Waals surface area contributed by atoms with Crippen LogP contribution >= 0.6 is 0 Å². The van der Waals surface area contributed by atoms with Crippen molar-refractivity contribution in [2.75, 3.05) is 5.32 Å². The summed E-state index contributed by atoms with van der Waals surface area (Å²) in [5.74, 6) is -1.50. The van der Waals surface area contributed by atoms with Crippen LogP contribution in [0.15, 0.2) is 42.7 Å². The van der Waals surface area contributed by atoms with Crippen molar-refractivity contribution >= 4 is 23.4 Å². The van der Waals surface area contributed by atoms with Gasteiger partial charge in [0.25, 0.3) is 11.8 Å². The minimum Gasteiger partial charge on any atom is -0.350 e. The maximum absolute atomic E-state index is 13.8. The minimum atomic E-state index is -1.16. The molecule has 1 aliphatic carbocycles. The molecule has 2 N–H and O–H groups in total. The van der Waals surface area contributed by atoms with Gasteiger partial charge in [-0.1, -0.05) is 29.8 Å². The third kappa shape index (κ3) is 4.50. The molecular formula is C28H30FN5O3. The second kappa shape index (κ2) is 9.14. The Morgan fingerprint density at radius 2 is 1.76 bits per heavy atom. The van der Waals surface area contributed by atoms with Gasteiger partial charge in [-0.15, -0.1) is 0 Å². The molecule has 5 rings (SSSR count). The number of hydrogen-bond donors (Lipinski definition) is 2. The highest BCUT2D eigenvalue weighted by molar-refractivity contribution is 6.12. The molecule has 0 radical (unpaired) electrons. The fraction of sp³-hybridized carbons (Fsp3) is 0.357. The summed E-state index contributed by atoms with van der Waals surface area (Å²) < 4.78 is 14.8. The van der Waals surface area contributed by atoms with Crippen LogP contribution in [-0.4, -0.2) is 43.8 Å². The molecule has 0 saturated heterocycles. The van der Waals surface area contributed by atoms with Crippen molar-refractivity contribution in [2.24, 2.45) is 0 Å². The van der Waals surface area contributed by atoms with Crippen LogP contribution in [0.3, 0.4) is 0 Å². The Labute approximate surface area is 214 Å². The van der Waals surface area contributed by atoms with Crippen molar-refractivity contribution in [2.45, 2.75) is 65.2 Å². The lowest BCUT2D eigenvalue weighted by molar-refractivity contribution is -0.133. The van der Waals surface area contributed by atoms with Gasteiger partial charge < -0.3 is 20.1 Å². The third-order valence-corrected chi connectivity index (χ3v) is 7.17. The summed E-state index contributed by atoms with van der Waals surface area (Å²) in [7, 11) is 0. The van der Waals surface area contributed by atoms with Crippen LogP contribution in [0.25, 0.3) is 0 Å². The van der Waals surface area contributed by atoms with E-state index in [-0.39, 0.29) is 48.2 Å². The number of imidazole rings is 1. The van der Waals surface area contributed by atoms with Crippen molar-refractivity contribution in [3.8, 4) is 0 Å². The van der Waals surface area contributed by atoms with Crippen LogP contribution in [-0.2, 0) is 17.9 Å². The van der Waals surface area contributed by atoms with Gasteiger partial charge in [-0.3, -0.25) is 14.4 Å². The monoisotopic (exact) mass is 503 g/mol. The Bertz CT molecular complexity index is 1390. The molecule has 2 aromatic carbocycles. The quantitative estimate of drug-likeness (QED) is 0.533. The van der Waals surface area contributed by atoms with Gasteiger partial charge in [0.2, 0.25) is 5.91 Å². The summed E-state index contributed by atoms with van der Waals surface area (Å²) >= 11 is 0. The first-order valence-corrected chi connectivity index (χ1v) is 12.4. The van der Waals surface area contributed by atoms with Gasteiger partial charge in [0.15, 0.2) is 5.69 Å². The van der Waals surface area contributed by atoms with Gasteiger partial charge in [0.05, 0.1) is 12.9 Å². The van der Waals surface area contributed by atoms with Gasteiger partial charge in [-0.25, -0.2) is 9.37 Å². The van der Waals surface area contributed by atoms with E-state index in [2.05, 4.69) is 15.6 Å². The van der Waals surface area contributed by atoms with Gasteiger partial charge in [0.1, 0.15) is 17.1 Å². The molecule has 9 heteroatoms. The highest BCUT2D eigenvalue weighted by Gasteiger charge is 2.53. The minimum absolute atomic E-state index is 0.0452. The van der Waals surface area contributed by atoms with Crippen molar-refractivity contribution in [3.63, 3.8) is 0 Å². The molecule has 8 nitrogen and oxygen atoms in total. The topological polar surface area (TPSA) is 96.3 Å². The zero-order valence-electron chi connectivity index (χ0n) is 21.4. The summed E-state index contributed by atoms with van der Waals surface area (Å²) in [4.78, 5) is 46.5. The van der Waals surface area contributed by atoms with E-state index in [1.54, 1.807) is 28.5 Å². The summed E-state index contributed by atoms with van der Waals surface area (Å²) in [6, 6.07) is 9.80. The van der Waals surface area contributed by atoms with Gasteiger partial charge >= 0.3 is 0 Å². The zero-order valence-corrected chi connectivity index (χ0v) is 21.4. The van der Waals surface area contributed by atoms with E-state index >= 15 is 0 Å². The predicted molar refractivity (Wildman–Crippen MR) is 137 cm³/mol. The Morgan fingerprint density at radius 3 is 2.38 bits per heavy atom. The van der Waals surface area contributed by atoms with Crippen LogP contribution in [0, 0.1) is 26.6 Å². The van der Waals surface area contributed by atoms with E-state index in [4.69, 9.17) is 0 Å². The van der Waals surface area contributed by atoms with E-state index in [1.807, 2.05) is 32.9 Å². The summed E-state index contributed by atoms with van der Waals surface area (Å²) in [6.45, 7) is 7.96.